The number of esters is 1. The highest BCUT2D eigenvalue weighted by Gasteiger charge is 2.66. The Morgan fingerprint density at radius 1 is 1.42 bits per heavy atom. The summed E-state index contributed by atoms with van der Waals surface area (Å²) in [5.41, 5.74) is -2.31. The molecule has 104 valence electrons. The number of aliphatic hydroxyl groups is 1. The smallest absolute Gasteiger partial charge is 0.323 e. The van der Waals surface area contributed by atoms with E-state index in [9.17, 15) is 19.5 Å². The number of ketones is 2. The summed E-state index contributed by atoms with van der Waals surface area (Å²) in [5, 5.41) is 10.2. The predicted octanol–water partition coefficient (Wildman–Crippen LogP) is 0.651. The van der Waals surface area contributed by atoms with Crippen LogP contribution >= 0.6 is 0 Å². The van der Waals surface area contributed by atoms with Gasteiger partial charge in [0.2, 0.25) is 0 Å². The lowest BCUT2D eigenvalue weighted by atomic mass is 9.50. The van der Waals surface area contributed by atoms with Gasteiger partial charge in [-0.25, -0.2) is 0 Å². The molecule has 19 heavy (non-hydrogen) atoms. The molecular weight excluding hydrogens is 248 g/mol. The minimum absolute atomic E-state index is 0.163. The molecule has 1 fully saturated rings. The highest BCUT2D eigenvalue weighted by molar-refractivity contribution is 6.12. The van der Waals surface area contributed by atoms with E-state index in [1.165, 1.54) is 19.3 Å². The number of carbonyl (C=O) groups excluding carboxylic acids is 3. The monoisotopic (exact) mass is 266 g/mol. The molecule has 1 saturated carbocycles. The van der Waals surface area contributed by atoms with Gasteiger partial charge in [0.15, 0.2) is 17.0 Å². The van der Waals surface area contributed by atoms with Crippen LogP contribution in [0.1, 0.15) is 26.7 Å². The van der Waals surface area contributed by atoms with Crippen molar-refractivity contribution in [2.75, 3.05) is 7.11 Å². The molecule has 3 atom stereocenters. The topological polar surface area (TPSA) is 80.7 Å². The van der Waals surface area contributed by atoms with Crippen molar-refractivity contribution in [2.24, 2.45) is 16.7 Å². The van der Waals surface area contributed by atoms with Crippen molar-refractivity contribution < 1.29 is 24.2 Å². The van der Waals surface area contributed by atoms with Crippen LogP contribution in [0.25, 0.3) is 0 Å². The van der Waals surface area contributed by atoms with Crippen LogP contribution in [0.15, 0.2) is 12.2 Å². The van der Waals surface area contributed by atoms with Crippen molar-refractivity contribution in [1.82, 2.24) is 0 Å². The fraction of sp³-hybridized carbons (Fsp3) is 0.643. The minimum Gasteiger partial charge on any atom is -0.468 e. The average Bonchev–Trinajstić information content (AvgIpc) is 2.36. The van der Waals surface area contributed by atoms with Crippen LogP contribution in [-0.4, -0.2) is 35.9 Å². The van der Waals surface area contributed by atoms with Gasteiger partial charge in [-0.1, -0.05) is 19.9 Å². The van der Waals surface area contributed by atoms with Crippen molar-refractivity contribution in [1.29, 1.82) is 0 Å². The van der Waals surface area contributed by atoms with Gasteiger partial charge in [0, 0.05) is 6.42 Å². The molecule has 0 aromatic rings. The summed E-state index contributed by atoms with van der Waals surface area (Å²) in [4.78, 5) is 36.7. The second kappa shape index (κ2) is 4.27. The SMILES string of the molecule is COC(=O)[C@]12C(=O)CCC(C)(C)[C@H]1C(=O)C=C[C@H]2O. The van der Waals surface area contributed by atoms with Gasteiger partial charge in [-0.15, -0.1) is 0 Å². The third kappa shape index (κ3) is 1.68. The lowest BCUT2D eigenvalue weighted by Gasteiger charge is -2.50. The van der Waals surface area contributed by atoms with Crippen molar-refractivity contribution in [3.05, 3.63) is 12.2 Å². The number of methoxy groups -OCH3 is 1. The second-order valence-corrected chi connectivity index (χ2v) is 5.91. The zero-order chi connectivity index (χ0) is 14.4. The Labute approximate surface area is 111 Å². The maximum absolute atomic E-state index is 12.3. The van der Waals surface area contributed by atoms with Crippen LogP contribution < -0.4 is 0 Å². The van der Waals surface area contributed by atoms with Crippen LogP contribution in [0, 0.1) is 16.7 Å². The standard InChI is InChI=1S/C14H18O5/c1-13(2)7-6-10(17)14(12(18)19-3)9(16)5-4-8(15)11(13)14/h4-5,9,11,16H,6-7H2,1-3H3/t9-,11-,14-/m1/s1. The molecule has 0 radical (unpaired) electrons. The van der Waals surface area contributed by atoms with Crippen LogP contribution in [0.2, 0.25) is 0 Å². The fourth-order valence-corrected chi connectivity index (χ4v) is 3.46. The number of fused-ring (bicyclic) bond motifs is 1. The van der Waals surface area contributed by atoms with Crippen molar-refractivity contribution >= 4 is 17.5 Å². The third-order valence-electron chi connectivity index (χ3n) is 4.41. The molecule has 0 unspecified atom stereocenters. The Bertz CT molecular complexity index is 466. The first-order valence-electron chi connectivity index (χ1n) is 6.30. The van der Waals surface area contributed by atoms with Gasteiger partial charge in [-0.05, 0) is 17.9 Å². The zero-order valence-corrected chi connectivity index (χ0v) is 11.3. The fourth-order valence-electron chi connectivity index (χ4n) is 3.46. The summed E-state index contributed by atoms with van der Waals surface area (Å²) < 4.78 is 4.73. The van der Waals surface area contributed by atoms with E-state index in [4.69, 9.17) is 4.74 Å². The average molecular weight is 266 g/mol. The molecule has 2 aliphatic carbocycles. The molecule has 5 heteroatoms. The molecule has 0 saturated heterocycles. The summed E-state index contributed by atoms with van der Waals surface area (Å²) in [6.07, 6.45) is 1.85. The summed E-state index contributed by atoms with van der Waals surface area (Å²) in [6.45, 7) is 3.68. The summed E-state index contributed by atoms with van der Waals surface area (Å²) in [6, 6.07) is 0. The number of ether oxygens (including phenoxy) is 1. The Balaban J connectivity index is 2.69. The molecule has 5 nitrogen and oxygen atoms in total. The van der Waals surface area contributed by atoms with E-state index in [2.05, 4.69) is 0 Å². The highest BCUT2D eigenvalue weighted by atomic mass is 16.5. The lowest BCUT2D eigenvalue weighted by Crippen LogP contribution is -2.63. The number of allylic oxidation sites excluding steroid dienone is 1. The number of hydrogen-bond acceptors (Lipinski definition) is 5. The Morgan fingerprint density at radius 3 is 2.63 bits per heavy atom. The molecular formula is C14H18O5. The first kappa shape index (κ1) is 13.9. The number of hydrogen-bond donors (Lipinski definition) is 1. The number of rotatable bonds is 1. The summed E-state index contributed by atoms with van der Waals surface area (Å²) in [7, 11) is 1.17. The van der Waals surface area contributed by atoms with Gasteiger partial charge in [0.1, 0.15) is 0 Å². The number of aliphatic hydroxyl groups excluding tert-OH is 1. The van der Waals surface area contributed by atoms with E-state index in [1.54, 1.807) is 0 Å². The zero-order valence-electron chi connectivity index (χ0n) is 11.3. The largest absolute Gasteiger partial charge is 0.468 e. The van der Waals surface area contributed by atoms with Gasteiger partial charge in [-0.3, -0.25) is 14.4 Å². The quantitative estimate of drug-likeness (QED) is 0.557. The van der Waals surface area contributed by atoms with E-state index in [1.807, 2.05) is 13.8 Å². The minimum atomic E-state index is -1.78. The van der Waals surface area contributed by atoms with E-state index >= 15 is 0 Å². The molecule has 1 N–H and O–H groups in total. The van der Waals surface area contributed by atoms with E-state index in [0.29, 0.717) is 6.42 Å². The van der Waals surface area contributed by atoms with E-state index in [0.717, 1.165) is 0 Å². The molecule has 0 amide bonds. The van der Waals surface area contributed by atoms with Gasteiger partial charge in [0.25, 0.3) is 0 Å². The first-order valence-corrected chi connectivity index (χ1v) is 6.30. The normalized spacial score (nSPS) is 36.8. The van der Waals surface area contributed by atoms with Crippen LogP contribution in [-0.2, 0) is 19.1 Å². The Hall–Kier alpha value is -1.49. The van der Waals surface area contributed by atoms with Crippen LogP contribution in [0.4, 0.5) is 0 Å². The molecule has 2 rings (SSSR count). The highest BCUT2D eigenvalue weighted by Crippen LogP contribution is 2.54. The van der Waals surface area contributed by atoms with Crippen molar-refractivity contribution in [3.8, 4) is 0 Å². The Kier molecular flexibility index (Phi) is 3.13. The van der Waals surface area contributed by atoms with Crippen LogP contribution in [0.3, 0.4) is 0 Å². The van der Waals surface area contributed by atoms with Gasteiger partial charge >= 0.3 is 5.97 Å². The van der Waals surface area contributed by atoms with Crippen LogP contribution in [0.5, 0.6) is 0 Å². The predicted molar refractivity (Wildman–Crippen MR) is 66.1 cm³/mol. The summed E-state index contributed by atoms with van der Waals surface area (Å²) in [5.74, 6) is -2.39. The molecule has 0 heterocycles. The lowest BCUT2D eigenvalue weighted by molar-refractivity contribution is -0.183. The van der Waals surface area contributed by atoms with Gasteiger partial charge < -0.3 is 9.84 Å². The molecule has 0 aliphatic heterocycles. The second-order valence-electron chi connectivity index (χ2n) is 5.91. The molecule has 0 aromatic heterocycles. The van der Waals surface area contributed by atoms with Crippen molar-refractivity contribution in [2.45, 2.75) is 32.8 Å². The molecule has 0 spiro atoms. The van der Waals surface area contributed by atoms with Crippen molar-refractivity contribution in [3.63, 3.8) is 0 Å². The maximum Gasteiger partial charge on any atom is 0.323 e. The molecule has 0 bridgehead atoms. The summed E-state index contributed by atoms with van der Waals surface area (Å²) >= 11 is 0. The van der Waals surface area contributed by atoms with Gasteiger partial charge in [-0.2, -0.15) is 0 Å². The first-order chi connectivity index (χ1) is 8.78. The third-order valence-corrected chi connectivity index (χ3v) is 4.41. The maximum atomic E-state index is 12.3. The molecule has 2 aliphatic rings. The van der Waals surface area contributed by atoms with E-state index < -0.39 is 34.6 Å². The van der Waals surface area contributed by atoms with E-state index in [-0.39, 0.29) is 12.2 Å². The molecule has 0 aromatic carbocycles. The number of carbonyl (C=O) groups is 3. The number of Topliss-reactive ketones (excluding diaryl/α,β-unsaturated/α-hetero) is 1. The van der Waals surface area contributed by atoms with Gasteiger partial charge in [0.05, 0.1) is 19.1 Å². The Morgan fingerprint density at radius 2 is 2.05 bits per heavy atom.